The van der Waals surface area contributed by atoms with Crippen LogP contribution >= 0.6 is 11.6 Å². The molecule has 0 radical (unpaired) electrons. The zero-order valence-electron chi connectivity index (χ0n) is 6.55. The van der Waals surface area contributed by atoms with E-state index >= 15 is 0 Å². The van der Waals surface area contributed by atoms with Gasteiger partial charge in [-0.25, -0.2) is 0 Å². The summed E-state index contributed by atoms with van der Waals surface area (Å²) in [5.74, 6) is 0. The fourth-order valence-corrected chi connectivity index (χ4v) is 1.26. The molecule has 0 spiro atoms. The fraction of sp³-hybridized carbons (Fsp3) is 0.200. The maximum atomic E-state index is 5.94. The van der Waals surface area contributed by atoms with Gasteiger partial charge in [0.2, 0.25) is 0 Å². The molecule has 1 rings (SSSR count). The van der Waals surface area contributed by atoms with Crippen molar-refractivity contribution in [2.45, 2.75) is 12.3 Å². The average molecular weight is 167 g/mol. The van der Waals surface area contributed by atoms with E-state index in [1.54, 1.807) is 0 Å². The first kappa shape index (κ1) is 8.35. The highest BCUT2D eigenvalue weighted by atomic mass is 35.5. The van der Waals surface area contributed by atoms with Crippen LogP contribution in [0, 0.1) is 0 Å². The lowest BCUT2D eigenvalue weighted by molar-refractivity contribution is 1.08. The van der Waals surface area contributed by atoms with Gasteiger partial charge in [0.1, 0.15) is 0 Å². The van der Waals surface area contributed by atoms with Crippen molar-refractivity contribution in [3.05, 3.63) is 42.0 Å². The Morgan fingerprint density at radius 3 is 2.55 bits per heavy atom. The fourth-order valence-electron chi connectivity index (χ4n) is 1.06. The van der Waals surface area contributed by atoms with Crippen LogP contribution in [0.25, 0.3) is 6.08 Å². The highest BCUT2D eigenvalue weighted by Crippen LogP contribution is 2.23. The van der Waals surface area contributed by atoms with E-state index in [9.17, 15) is 0 Å². The van der Waals surface area contributed by atoms with Crippen molar-refractivity contribution in [2.24, 2.45) is 0 Å². The third-order valence-electron chi connectivity index (χ3n) is 1.64. The van der Waals surface area contributed by atoms with Crippen LogP contribution < -0.4 is 0 Å². The Hall–Kier alpha value is -0.750. The van der Waals surface area contributed by atoms with Gasteiger partial charge in [-0.15, -0.1) is 11.6 Å². The van der Waals surface area contributed by atoms with E-state index in [1.807, 2.05) is 37.3 Å². The Balaban J connectivity index is 3.12. The minimum atomic E-state index is 0.0594. The molecule has 58 valence electrons. The molecule has 0 aliphatic carbocycles. The molecule has 1 aromatic rings. The van der Waals surface area contributed by atoms with E-state index < -0.39 is 0 Å². The van der Waals surface area contributed by atoms with Crippen LogP contribution in [-0.2, 0) is 0 Å². The van der Waals surface area contributed by atoms with E-state index in [4.69, 9.17) is 11.6 Å². The molecule has 0 saturated heterocycles. The molecule has 0 nitrogen and oxygen atoms in total. The molecule has 0 aromatic heterocycles. The first-order valence-electron chi connectivity index (χ1n) is 3.61. The number of rotatable bonds is 2. The van der Waals surface area contributed by atoms with E-state index in [0.717, 1.165) is 11.1 Å². The second kappa shape index (κ2) is 3.59. The van der Waals surface area contributed by atoms with Crippen LogP contribution in [0.1, 0.15) is 23.4 Å². The second-order valence-corrected chi connectivity index (χ2v) is 3.10. The van der Waals surface area contributed by atoms with Crippen molar-refractivity contribution in [2.75, 3.05) is 0 Å². The minimum absolute atomic E-state index is 0.0594. The summed E-state index contributed by atoms with van der Waals surface area (Å²) in [7, 11) is 0. The molecule has 0 bridgehead atoms. The Morgan fingerprint density at radius 2 is 2.09 bits per heavy atom. The quantitative estimate of drug-likeness (QED) is 0.589. The van der Waals surface area contributed by atoms with Crippen LogP contribution in [0.15, 0.2) is 30.8 Å². The molecule has 1 heteroatoms. The van der Waals surface area contributed by atoms with Crippen LogP contribution in [-0.4, -0.2) is 0 Å². The summed E-state index contributed by atoms with van der Waals surface area (Å²) in [5.41, 5.74) is 2.26. The van der Waals surface area contributed by atoms with Crippen LogP contribution in [0.3, 0.4) is 0 Å². The maximum absolute atomic E-state index is 5.94. The van der Waals surface area contributed by atoms with Gasteiger partial charge in [-0.1, -0.05) is 36.9 Å². The van der Waals surface area contributed by atoms with Gasteiger partial charge in [0.15, 0.2) is 0 Å². The monoisotopic (exact) mass is 166 g/mol. The predicted molar refractivity (Wildman–Crippen MR) is 50.8 cm³/mol. The number of benzene rings is 1. The zero-order valence-corrected chi connectivity index (χ0v) is 7.31. The summed E-state index contributed by atoms with van der Waals surface area (Å²) in [6.07, 6.45) is 1.83. The van der Waals surface area contributed by atoms with Gasteiger partial charge in [-0.05, 0) is 18.1 Å². The Bertz CT molecular complexity index is 251. The molecule has 0 saturated carbocycles. The van der Waals surface area contributed by atoms with Crippen molar-refractivity contribution in [3.63, 3.8) is 0 Å². The Kier molecular flexibility index (Phi) is 2.72. The lowest BCUT2D eigenvalue weighted by atomic mass is 10.1. The molecule has 0 heterocycles. The predicted octanol–water partition coefficient (Wildman–Crippen LogP) is 3.63. The molecular formula is C10H11Cl. The number of hydrogen-bond acceptors (Lipinski definition) is 0. The van der Waals surface area contributed by atoms with E-state index in [0.29, 0.717) is 0 Å². The lowest BCUT2D eigenvalue weighted by Crippen LogP contribution is -1.87. The number of alkyl halides is 1. The molecule has 11 heavy (non-hydrogen) atoms. The molecular weight excluding hydrogens is 156 g/mol. The molecule has 0 aliphatic heterocycles. The van der Waals surface area contributed by atoms with Gasteiger partial charge in [-0.2, -0.15) is 0 Å². The van der Waals surface area contributed by atoms with Gasteiger partial charge in [-0.3, -0.25) is 0 Å². The molecule has 0 amide bonds. The summed E-state index contributed by atoms with van der Waals surface area (Å²) in [5, 5.41) is 0.0594. The Labute approximate surface area is 72.5 Å². The summed E-state index contributed by atoms with van der Waals surface area (Å²) >= 11 is 5.94. The summed E-state index contributed by atoms with van der Waals surface area (Å²) in [4.78, 5) is 0. The van der Waals surface area contributed by atoms with Gasteiger partial charge in [0, 0.05) is 0 Å². The van der Waals surface area contributed by atoms with Crippen LogP contribution in [0.4, 0.5) is 0 Å². The summed E-state index contributed by atoms with van der Waals surface area (Å²) in [6.45, 7) is 5.68. The normalized spacial score (nSPS) is 12.5. The van der Waals surface area contributed by atoms with Gasteiger partial charge >= 0.3 is 0 Å². The average Bonchev–Trinajstić information content (AvgIpc) is 2.04. The summed E-state index contributed by atoms with van der Waals surface area (Å²) < 4.78 is 0. The molecule has 0 aliphatic rings. The first-order chi connectivity index (χ1) is 5.25. The smallest absolute Gasteiger partial charge is 0.0562 e. The molecule has 0 fully saturated rings. The topological polar surface area (TPSA) is 0 Å². The van der Waals surface area contributed by atoms with Gasteiger partial charge < -0.3 is 0 Å². The molecule has 1 atom stereocenters. The van der Waals surface area contributed by atoms with E-state index in [-0.39, 0.29) is 5.38 Å². The van der Waals surface area contributed by atoms with Crippen molar-refractivity contribution < 1.29 is 0 Å². The van der Waals surface area contributed by atoms with E-state index in [1.165, 1.54) is 0 Å². The van der Waals surface area contributed by atoms with Crippen LogP contribution in [0.2, 0.25) is 0 Å². The van der Waals surface area contributed by atoms with Crippen molar-refractivity contribution in [1.29, 1.82) is 0 Å². The lowest BCUT2D eigenvalue weighted by Gasteiger charge is -2.06. The largest absolute Gasteiger partial charge is 0.118 e. The zero-order chi connectivity index (χ0) is 8.27. The molecule has 1 unspecified atom stereocenters. The van der Waals surface area contributed by atoms with Gasteiger partial charge in [0.05, 0.1) is 5.38 Å². The SMILES string of the molecule is C=Cc1ccccc1C(C)Cl. The highest BCUT2D eigenvalue weighted by Gasteiger charge is 2.02. The van der Waals surface area contributed by atoms with E-state index in [2.05, 4.69) is 6.58 Å². The van der Waals surface area contributed by atoms with Gasteiger partial charge in [0.25, 0.3) is 0 Å². The van der Waals surface area contributed by atoms with Crippen molar-refractivity contribution >= 4 is 17.7 Å². The first-order valence-corrected chi connectivity index (χ1v) is 4.04. The maximum Gasteiger partial charge on any atom is 0.0562 e. The second-order valence-electron chi connectivity index (χ2n) is 2.45. The molecule has 0 N–H and O–H groups in total. The highest BCUT2D eigenvalue weighted by molar-refractivity contribution is 6.20. The van der Waals surface area contributed by atoms with Crippen molar-refractivity contribution in [1.82, 2.24) is 0 Å². The third-order valence-corrected chi connectivity index (χ3v) is 1.88. The standard InChI is InChI=1S/C10H11Cl/c1-3-9-6-4-5-7-10(9)8(2)11/h3-8H,1H2,2H3. The Morgan fingerprint density at radius 1 is 1.45 bits per heavy atom. The molecule has 1 aromatic carbocycles. The third kappa shape index (κ3) is 1.84. The number of halogens is 1. The van der Waals surface area contributed by atoms with Crippen LogP contribution in [0.5, 0.6) is 0 Å². The number of hydrogen-bond donors (Lipinski definition) is 0. The minimum Gasteiger partial charge on any atom is -0.118 e. The summed E-state index contributed by atoms with van der Waals surface area (Å²) in [6, 6.07) is 8.01. The van der Waals surface area contributed by atoms with Crippen molar-refractivity contribution in [3.8, 4) is 0 Å².